The fraction of sp³-hybridized carbons (Fsp3) is 0.364. The van der Waals surface area contributed by atoms with Gasteiger partial charge in [0.2, 0.25) is 5.91 Å². The fourth-order valence-corrected chi connectivity index (χ4v) is 6.64. The maximum Gasteiger partial charge on any atom is 0.223 e. The minimum Gasteiger partial charge on any atom is -0.312 e. The number of ketones is 1. The summed E-state index contributed by atoms with van der Waals surface area (Å²) in [4.78, 5) is 38.1. The third-order valence-corrected chi connectivity index (χ3v) is 8.06. The molecule has 0 saturated heterocycles. The summed E-state index contributed by atoms with van der Waals surface area (Å²) in [5.41, 5.74) is 4.09. The molecule has 3 heterocycles. The van der Waals surface area contributed by atoms with Crippen LogP contribution in [0.25, 0.3) is 10.2 Å². The van der Waals surface area contributed by atoms with Gasteiger partial charge >= 0.3 is 0 Å². The molecule has 3 aromatic rings. The van der Waals surface area contributed by atoms with E-state index in [2.05, 4.69) is 9.97 Å². The van der Waals surface area contributed by atoms with Gasteiger partial charge in [0.05, 0.1) is 5.25 Å². The van der Waals surface area contributed by atoms with Crippen LogP contribution in [0.3, 0.4) is 0 Å². The van der Waals surface area contributed by atoms with Crippen molar-refractivity contribution in [3.63, 3.8) is 0 Å². The van der Waals surface area contributed by atoms with Crippen LogP contribution >= 0.6 is 23.1 Å². The number of hydrogen-bond donors (Lipinski definition) is 0. The minimum absolute atomic E-state index is 0.0443. The Morgan fingerprint density at radius 3 is 2.90 bits per heavy atom. The van der Waals surface area contributed by atoms with Gasteiger partial charge in [0.25, 0.3) is 0 Å². The predicted molar refractivity (Wildman–Crippen MR) is 117 cm³/mol. The molecule has 1 amide bonds. The number of Topliss-reactive ketones (excluding diaryl/α,β-unsaturated/α-hetero) is 1. The van der Waals surface area contributed by atoms with Crippen LogP contribution in [0.5, 0.6) is 0 Å². The molecule has 2 aliphatic rings. The largest absolute Gasteiger partial charge is 0.312 e. The second-order valence-electron chi connectivity index (χ2n) is 7.60. The van der Waals surface area contributed by atoms with Crippen molar-refractivity contribution in [2.24, 2.45) is 0 Å². The van der Waals surface area contributed by atoms with Crippen molar-refractivity contribution in [1.29, 1.82) is 0 Å². The lowest BCUT2D eigenvalue weighted by molar-refractivity contribution is -0.116. The molecule has 1 atom stereocenters. The number of amides is 1. The first-order valence-corrected chi connectivity index (χ1v) is 11.6. The normalized spacial score (nSPS) is 16.1. The highest BCUT2D eigenvalue weighted by molar-refractivity contribution is 8.00. The SMILES string of the molecule is CC(=O)N1CCc2cc(C(=O)C(C)Sc3ncnc4sc5c(c34)CCC5)ccc21. The number of thioether (sulfide) groups is 1. The van der Waals surface area contributed by atoms with Gasteiger partial charge < -0.3 is 4.90 Å². The first kappa shape index (κ1) is 18.8. The third kappa shape index (κ3) is 3.16. The number of anilines is 1. The second kappa shape index (κ2) is 7.22. The van der Waals surface area contributed by atoms with Gasteiger partial charge in [-0.2, -0.15) is 0 Å². The van der Waals surface area contributed by atoms with Crippen molar-refractivity contribution in [3.05, 3.63) is 46.1 Å². The molecule has 0 radical (unpaired) electrons. The first-order valence-electron chi connectivity index (χ1n) is 9.90. The molecule has 2 aromatic heterocycles. The molecule has 5 nitrogen and oxygen atoms in total. The van der Waals surface area contributed by atoms with Crippen molar-refractivity contribution in [3.8, 4) is 0 Å². The molecule has 1 aliphatic carbocycles. The van der Waals surface area contributed by atoms with Crippen LogP contribution in [-0.2, 0) is 24.1 Å². The fourth-order valence-electron chi connectivity index (χ4n) is 4.33. The molecule has 0 bridgehead atoms. The minimum atomic E-state index is -0.242. The molecule has 5 rings (SSSR count). The van der Waals surface area contributed by atoms with Gasteiger partial charge in [-0.05, 0) is 61.9 Å². The lowest BCUT2D eigenvalue weighted by atomic mass is 10.0. The number of rotatable bonds is 4. The molecule has 0 saturated carbocycles. The van der Waals surface area contributed by atoms with Gasteiger partial charge in [-0.1, -0.05) is 11.8 Å². The van der Waals surface area contributed by atoms with Crippen molar-refractivity contribution in [2.75, 3.05) is 11.4 Å². The van der Waals surface area contributed by atoms with Crippen molar-refractivity contribution in [1.82, 2.24) is 9.97 Å². The van der Waals surface area contributed by atoms with Gasteiger partial charge in [-0.25, -0.2) is 9.97 Å². The Morgan fingerprint density at radius 1 is 1.21 bits per heavy atom. The highest BCUT2D eigenvalue weighted by atomic mass is 32.2. The number of aryl methyl sites for hydroxylation is 2. The van der Waals surface area contributed by atoms with Gasteiger partial charge in [0, 0.05) is 35.0 Å². The second-order valence-corrected chi connectivity index (χ2v) is 10.0. The Hall–Kier alpha value is -2.25. The summed E-state index contributed by atoms with van der Waals surface area (Å²) in [6.07, 6.45) is 5.80. The Labute approximate surface area is 177 Å². The summed E-state index contributed by atoms with van der Waals surface area (Å²) in [5.74, 6) is 0.139. The van der Waals surface area contributed by atoms with Crippen molar-refractivity contribution < 1.29 is 9.59 Å². The maximum atomic E-state index is 13.1. The zero-order valence-electron chi connectivity index (χ0n) is 16.4. The molecular weight excluding hydrogens is 402 g/mol. The van der Waals surface area contributed by atoms with Crippen LogP contribution in [0.15, 0.2) is 29.6 Å². The molecule has 1 aliphatic heterocycles. The number of thiophene rings is 1. The Bertz CT molecular complexity index is 1150. The lowest BCUT2D eigenvalue weighted by Crippen LogP contribution is -2.25. The summed E-state index contributed by atoms with van der Waals surface area (Å²) in [6, 6.07) is 5.70. The Morgan fingerprint density at radius 2 is 2.07 bits per heavy atom. The van der Waals surface area contributed by atoms with E-state index in [9.17, 15) is 9.59 Å². The number of carbonyl (C=O) groups excluding carboxylic acids is 2. The molecule has 0 N–H and O–H groups in total. The van der Waals surface area contributed by atoms with E-state index in [-0.39, 0.29) is 16.9 Å². The average molecular weight is 424 g/mol. The molecule has 1 aromatic carbocycles. The summed E-state index contributed by atoms with van der Waals surface area (Å²) in [6.45, 7) is 4.22. The van der Waals surface area contributed by atoms with Crippen LogP contribution < -0.4 is 4.90 Å². The number of nitrogens with zero attached hydrogens (tertiary/aromatic N) is 3. The Kier molecular flexibility index (Phi) is 4.67. The summed E-state index contributed by atoms with van der Waals surface area (Å²) in [7, 11) is 0. The number of benzene rings is 1. The number of carbonyl (C=O) groups is 2. The van der Waals surface area contributed by atoms with Gasteiger partial charge in [0.15, 0.2) is 5.78 Å². The molecule has 0 spiro atoms. The summed E-state index contributed by atoms with van der Waals surface area (Å²) < 4.78 is 0. The molecule has 1 unspecified atom stereocenters. The van der Waals surface area contributed by atoms with Crippen LogP contribution in [0.1, 0.15) is 46.6 Å². The highest BCUT2D eigenvalue weighted by Gasteiger charge is 2.26. The molecule has 29 heavy (non-hydrogen) atoms. The van der Waals surface area contributed by atoms with E-state index >= 15 is 0 Å². The highest BCUT2D eigenvalue weighted by Crippen LogP contribution is 2.41. The quantitative estimate of drug-likeness (QED) is 0.352. The zero-order valence-corrected chi connectivity index (χ0v) is 18.0. The smallest absolute Gasteiger partial charge is 0.223 e. The molecule has 0 fully saturated rings. The Balaban J connectivity index is 1.41. The van der Waals surface area contributed by atoms with Gasteiger partial charge in [-0.3, -0.25) is 9.59 Å². The van der Waals surface area contributed by atoms with Crippen LogP contribution in [-0.4, -0.2) is 33.5 Å². The summed E-state index contributed by atoms with van der Waals surface area (Å²) in [5, 5.41) is 1.83. The average Bonchev–Trinajstić information content (AvgIpc) is 3.40. The van der Waals surface area contributed by atoms with E-state index in [0.29, 0.717) is 12.1 Å². The number of fused-ring (bicyclic) bond motifs is 4. The van der Waals surface area contributed by atoms with Gasteiger partial charge in [0.1, 0.15) is 16.2 Å². The zero-order chi connectivity index (χ0) is 20.1. The maximum absolute atomic E-state index is 13.1. The van der Waals surface area contributed by atoms with E-state index in [1.165, 1.54) is 28.6 Å². The molecular formula is C22H21N3O2S2. The van der Waals surface area contributed by atoms with Crippen LogP contribution in [0.2, 0.25) is 0 Å². The summed E-state index contributed by atoms with van der Waals surface area (Å²) >= 11 is 3.29. The monoisotopic (exact) mass is 423 g/mol. The van der Waals surface area contributed by atoms with E-state index in [1.54, 1.807) is 29.5 Å². The van der Waals surface area contributed by atoms with E-state index < -0.39 is 0 Å². The molecule has 7 heteroatoms. The predicted octanol–water partition coefficient (Wildman–Crippen LogP) is 4.45. The van der Waals surface area contributed by atoms with E-state index in [4.69, 9.17) is 0 Å². The topological polar surface area (TPSA) is 63.2 Å². The lowest BCUT2D eigenvalue weighted by Gasteiger charge is -2.15. The van der Waals surface area contributed by atoms with Crippen LogP contribution in [0, 0.1) is 0 Å². The first-order chi connectivity index (χ1) is 14.0. The third-order valence-electron chi connectivity index (χ3n) is 5.76. The van der Waals surface area contributed by atoms with Crippen molar-refractivity contribution in [2.45, 2.75) is 49.8 Å². The van der Waals surface area contributed by atoms with Crippen LogP contribution in [0.4, 0.5) is 5.69 Å². The standard InChI is InChI=1S/C22H21N3O2S2/c1-12(20(27)15-6-7-17-14(10-15)8-9-25(17)13(2)26)28-21-19-16-4-3-5-18(16)29-22(19)24-11-23-21/h6-7,10-12H,3-5,8-9H2,1-2H3. The van der Waals surface area contributed by atoms with Gasteiger partial charge in [-0.15, -0.1) is 11.3 Å². The number of hydrogen-bond acceptors (Lipinski definition) is 6. The molecule has 148 valence electrons. The number of aromatic nitrogens is 2. The van der Waals surface area contributed by atoms with E-state index in [1.807, 2.05) is 25.1 Å². The van der Waals surface area contributed by atoms with Crippen molar-refractivity contribution >= 4 is 50.7 Å². The van der Waals surface area contributed by atoms with E-state index in [0.717, 1.165) is 45.8 Å².